The summed E-state index contributed by atoms with van der Waals surface area (Å²) in [7, 11) is -4.10. The largest absolute Gasteiger partial charge is 0.352 e. The van der Waals surface area contributed by atoms with Gasteiger partial charge < -0.3 is 10.2 Å². The van der Waals surface area contributed by atoms with Crippen molar-refractivity contribution in [3.63, 3.8) is 0 Å². The first-order valence-electron chi connectivity index (χ1n) is 12.4. The molecular weight excluding hydrogens is 566 g/mol. The van der Waals surface area contributed by atoms with E-state index in [2.05, 4.69) is 21.2 Å². The van der Waals surface area contributed by atoms with E-state index < -0.39 is 28.5 Å². The molecule has 0 saturated heterocycles. The van der Waals surface area contributed by atoms with E-state index in [-0.39, 0.29) is 23.4 Å². The Kier molecular flexibility index (Phi) is 9.73. The highest BCUT2D eigenvalue weighted by molar-refractivity contribution is 9.10. The first-order chi connectivity index (χ1) is 17.9. The van der Waals surface area contributed by atoms with Gasteiger partial charge in [-0.1, -0.05) is 64.0 Å². The van der Waals surface area contributed by atoms with Crippen molar-refractivity contribution in [2.45, 2.75) is 58.1 Å². The molecule has 202 valence electrons. The number of anilines is 1. The molecule has 3 aromatic carbocycles. The number of amides is 2. The van der Waals surface area contributed by atoms with Gasteiger partial charge in [-0.25, -0.2) is 8.42 Å². The highest BCUT2D eigenvalue weighted by atomic mass is 79.9. The molecule has 1 N–H and O–H groups in total. The van der Waals surface area contributed by atoms with E-state index in [0.29, 0.717) is 10.2 Å². The molecular formula is C29H34BrN3O4S. The Balaban J connectivity index is 2.04. The third kappa shape index (κ3) is 7.23. The molecule has 0 unspecified atom stereocenters. The van der Waals surface area contributed by atoms with Crippen molar-refractivity contribution in [3.8, 4) is 0 Å². The normalized spacial score (nSPS) is 12.2. The van der Waals surface area contributed by atoms with Gasteiger partial charge in [0.05, 0.1) is 10.6 Å². The van der Waals surface area contributed by atoms with Crippen LogP contribution in [0.4, 0.5) is 5.69 Å². The van der Waals surface area contributed by atoms with Crippen molar-refractivity contribution in [2.24, 2.45) is 0 Å². The molecule has 0 saturated carbocycles. The van der Waals surface area contributed by atoms with Crippen molar-refractivity contribution >= 4 is 43.5 Å². The lowest BCUT2D eigenvalue weighted by molar-refractivity contribution is -0.139. The lowest BCUT2D eigenvalue weighted by atomic mass is 10.1. The molecule has 0 aliphatic carbocycles. The van der Waals surface area contributed by atoms with Crippen molar-refractivity contribution < 1.29 is 18.0 Å². The number of benzene rings is 3. The zero-order chi connectivity index (χ0) is 28.0. The second kappa shape index (κ2) is 12.6. The van der Waals surface area contributed by atoms with E-state index in [4.69, 9.17) is 0 Å². The Morgan fingerprint density at radius 3 is 2.18 bits per heavy atom. The maximum absolute atomic E-state index is 13.9. The van der Waals surface area contributed by atoms with Crippen LogP contribution in [-0.2, 0) is 26.2 Å². The summed E-state index contributed by atoms with van der Waals surface area (Å²) in [5.41, 5.74) is 3.10. The van der Waals surface area contributed by atoms with Crippen LogP contribution in [0.15, 0.2) is 82.2 Å². The molecule has 7 nitrogen and oxygen atoms in total. The van der Waals surface area contributed by atoms with Crippen LogP contribution in [0.2, 0.25) is 0 Å². The molecule has 38 heavy (non-hydrogen) atoms. The fourth-order valence-electron chi connectivity index (χ4n) is 3.96. The fourth-order valence-corrected chi connectivity index (χ4v) is 5.75. The molecule has 0 radical (unpaired) electrons. The SMILES string of the molecule is Cc1ccc(S(=O)(=O)N(CC(=O)N(Cc2ccccc2C)[C@H](C)C(=O)NC(C)C)c2cccc(Br)c2)cc1. The smallest absolute Gasteiger partial charge is 0.264 e. The molecule has 0 fully saturated rings. The minimum absolute atomic E-state index is 0.0759. The van der Waals surface area contributed by atoms with Crippen molar-refractivity contribution in [3.05, 3.63) is 94.0 Å². The average Bonchev–Trinajstić information content (AvgIpc) is 2.86. The first kappa shape index (κ1) is 29.4. The van der Waals surface area contributed by atoms with Crippen LogP contribution in [-0.4, -0.2) is 43.8 Å². The van der Waals surface area contributed by atoms with Crippen LogP contribution in [0.3, 0.4) is 0 Å². The first-order valence-corrected chi connectivity index (χ1v) is 14.6. The third-order valence-corrected chi connectivity index (χ3v) is 8.47. The number of hydrogen-bond donors (Lipinski definition) is 1. The Hall–Kier alpha value is -3.17. The van der Waals surface area contributed by atoms with Crippen LogP contribution >= 0.6 is 15.9 Å². The fraction of sp³-hybridized carbons (Fsp3) is 0.310. The summed E-state index contributed by atoms with van der Waals surface area (Å²) in [6.45, 7) is 8.85. The number of nitrogens with zero attached hydrogens (tertiary/aromatic N) is 2. The molecule has 3 rings (SSSR count). The van der Waals surface area contributed by atoms with E-state index in [1.165, 1.54) is 17.0 Å². The van der Waals surface area contributed by atoms with Crippen LogP contribution < -0.4 is 9.62 Å². The Morgan fingerprint density at radius 1 is 0.921 bits per heavy atom. The van der Waals surface area contributed by atoms with Gasteiger partial charge in [-0.2, -0.15) is 0 Å². The van der Waals surface area contributed by atoms with Crippen LogP contribution in [0.5, 0.6) is 0 Å². The van der Waals surface area contributed by atoms with Gasteiger partial charge >= 0.3 is 0 Å². The van der Waals surface area contributed by atoms with Gasteiger partial charge in [0.2, 0.25) is 11.8 Å². The van der Waals surface area contributed by atoms with Crippen LogP contribution in [0, 0.1) is 13.8 Å². The number of rotatable bonds is 10. The highest BCUT2D eigenvalue weighted by Gasteiger charge is 2.32. The molecule has 0 aromatic heterocycles. The average molecular weight is 601 g/mol. The van der Waals surface area contributed by atoms with Gasteiger partial charge in [0.15, 0.2) is 0 Å². The van der Waals surface area contributed by atoms with Gasteiger partial charge in [0, 0.05) is 17.1 Å². The summed E-state index contributed by atoms with van der Waals surface area (Å²) >= 11 is 3.41. The number of hydrogen-bond acceptors (Lipinski definition) is 4. The third-order valence-electron chi connectivity index (χ3n) is 6.18. The molecule has 9 heteroatoms. The molecule has 0 bridgehead atoms. The van der Waals surface area contributed by atoms with Gasteiger partial charge in [-0.15, -0.1) is 0 Å². The number of aryl methyl sites for hydroxylation is 2. The lowest BCUT2D eigenvalue weighted by Crippen LogP contribution is -2.52. The zero-order valence-electron chi connectivity index (χ0n) is 22.3. The van der Waals surface area contributed by atoms with E-state index in [0.717, 1.165) is 21.0 Å². The van der Waals surface area contributed by atoms with Gasteiger partial charge in [-0.3, -0.25) is 13.9 Å². The predicted molar refractivity (Wildman–Crippen MR) is 154 cm³/mol. The molecule has 2 amide bonds. The summed E-state index contributed by atoms with van der Waals surface area (Å²) in [6, 6.07) is 20.0. The lowest BCUT2D eigenvalue weighted by Gasteiger charge is -2.32. The van der Waals surface area contributed by atoms with E-state index in [9.17, 15) is 18.0 Å². The number of sulfonamides is 1. The molecule has 3 aromatic rings. The Morgan fingerprint density at radius 2 is 1.58 bits per heavy atom. The van der Waals surface area contributed by atoms with Crippen LogP contribution in [0.1, 0.15) is 37.5 Å². The van der Waals surface area contributed by atoms with Crippen molar-refractivity contribution in [1.82, 2.24) is 10.2 Å². The molecule has 0 spiro atoms. The number of nitrogens with one attached hydrogen (secondary N) is 1. The molecule has 0 heterocycles. The van der Waals surface area contributed by atoms with Gasteiger partial charge in [0.25, 0.3) is 10.0 Å². The summed E-state index contributed by atoms with van der Waals surface area (Å²) in [5, 5.41) is 2.86. The second-order valence-electron chi connectivity index (χ2n) is 9.59. The topological polar surface area (TPSA) is 86.8 Å². The second-order valence-corrected chi connectivity index (χ2v) is 12.4. The summed E-state index contributed by atoms with van der Waals surface area (Å²) in [4.78, 5) is 28.4. The van der Waals surface area contributed by atoms with E-state index >= 15 is 0 Å². The quantitative estimate of drug-likeness (QED) is 0.347. The van der Waals surface area contributed by atoms with Gasteiger partial charge in [-0.05, 0) is 76.1 Å². The molecule has 0 aliphatic rings. The highest BCUT2D eigenvalue weighted by Crippen LogP contribution is 2.27. The minimum atomic E-state index is -4.10. The summed E-state index contributed by atoms with van der Waals surface area (Å²) < 4.78 is 29.4. The Bertz CT molecular complexity index is 1390. The Labute approximate surface area is 234 Å². The number of carbonyl (C=O) groups excluding carboxylic acids is 2. The zero-order valence-corrected chi connectivity index (χ0v) is 24.7. The number of halogens is 1. The number of carbonyl (C=O) groups is 2. The minimum Gasteiger partial charge on any atom is -0.352 e. The predicted octanol–water partition coefficient (Wildman–Crippen LogP) is 5.20. The van der Waals surface area contributed by atoms with Crippen molar-refractivity contribution in [2.75, 3.05) is 10.8 Å². The summed E-state index contributed by atoms with van der Waals surface area (Å²) in [6.07, 6.45) is 0. The maximum atomic E-state index is 13.9. The van der Waals surface area contributed by atoms with Gasteiger partial charge in [0.1, 0.15) is 12.6 Å². The maximum Gasteiger partial charge on any atom is 0.264 e. The van der Waals surface area contributed by atoms with E-state index in [1.807, 2.05) is 52.0 Å². The monoisotopic (exact) mass is 599 g/mol. The van der Waals surface area contributed by atoms with Crippen LogP contribution in [0.25, 0.3) is 0 Å². The standard InChI is InChI=1S/C29H34BrN3O4S/c1-20(2)31-29(35)23(5)32(18-24-10-7-6-9-22(24)4)28(34)19-33(26-12-8-11-25(30)17-26)38(36,37)27-15-13-21(3)14-16-27/h6-17,20,23H,18-19H2,1-5H3,(H,31,35)/t23-/m1/s1. The van der Waals surface area contributed by atoms with Crippen molar-refractivity contribution in [1.29, 1.82) is 0 Å². The van der Waals surface area contributed by atoms with E-state index in [1.54, 1.807) is 43.3 Å². The summed E-state index contributed by atoms with van der Waals surface area (Å²) in [5.74, 6) is -0.798. The molecule has 1 atom stereocenters. The molecule has 0 aliphatic heterocycles.